The first kappa shape index (κ1) is 12.5. The molecule has 0 bridgehead atoms. The first-order valence-corrected chi connectivity index (χ1v) is 7.68. The number of hydrogen-bond donors (Lipinski definition) is 2. The van der Waals surface area contributed by atoms with Gasteiger partial charge in [-0.2, -0.15) is 0 Å². The highest BCUT2D eigenvalue weighted by Crippen LogP contribution is 2.60. The van der Waals surface area contributed by atoms with Crippen molar-refractivity contribution < 1.29 is 9.84 Å². The van der Waals surface area contributed by atoms with Gasteiger partial charge in [0.05, 0.1) is 17.7 Å². The average molecular weight is 274 g/mol. The molecule has 0 radical (unpaired) electrons. The molecule has 20 heavy (non-hydrogen) atoms. The van der Waals surface area contributed by atoms with Crippen LogP contribution >= 0.6 is 0 Å². The molecule has 1 spiro atoms. The summed E-state index contributed by atoms with van der Waals surface area (Å²) in [6, 6.07) is 0. The summed E-state index contributed by atoms with van der Waals surface area (Å²) in [5, 5.41) is 10.6. The standard InChI is InChI=1S/C16H22N2O2/c17-11-16(19)10-15-7-3-1-5-12(15)9-18-8-4-2-6-13(18)14(15)20-16/h4,8-9,19H,1-3,5-7,10-11,17H2. The largest absolute Gasteiger partial charge is 0.463 e. The summed E-state index contributed by atoms with van der Waals surface area (Å²) in [5.41, 5.74) is 8.32. The topological polar surface area (TPSA) is 58.7 Å². The highest BCUT2D eigenvalue weighted by Gasteiger charge is 2.57. The van der Waals surface area contributed by atoms with Crippen LogP contribution in [-0.2, 0) is 4.74 Å². The first-order chi connectivity index (χ1) is 9.67. The molecule has 4 heteroatoms. The van der Waals surface area contributed by atoms with Gasteiger partial charge in [0.2, 0.25) is 5.79 Å². The second-order valence-electron chi connectivity index (χ2n) is 6.48. The quantitative estimate of drug-likeness (QED) is 0.770. The maximum absolute atomic E-state index is 10.6. The van der Waals surface area contributed by atoms with E-state index in [0.717, 1.165) is 31.4 Å². The zero-order valence-electron chi connectivity index (χ0n) is 11.8. The second-order valence-corrected chi connectivity index (χ2v) is 6.48. The number of hydrogen-bond acceptors (Lipinski definition) is 4. The Balaban J connectivity index is 1.87. The number of allylic oxidation sites excluding steroid dienone is 3. The molecule has 0 amide bonds. The molecule has 3 heterocycles. The molecule has 3 N–H and O–H groups in total. The van der Waals surface area contributed by atoms with Crippen LogP contribution in [0.15, 0.2) is 35.5 Å². The Bertz CT molecular complexity index is 537. The minimum atomic E-state index is -1.18. The van der Waals surface area contributed by atoms with Gasteiger partial charge in [-0.1, -0.05) is 12.5 Å². The van der Waals surface area contributed by atoms with Crippen molar-refractivity contribution in [2.24, 2.45) is 11.1 Å². The zero-order chi connectivity index (χ0) is 13.8. The lowest BCUT2D eigenvalue weighted by Crippen LogP contribution is -2.38. The SMILES string of the molecule is NCC1(O)CC23CCCCC2=CN2C=CCCC2=C3O1. The van der Waals surface area contributed by atoms with Crippen LogP contribution in [0.2, 0.25) is 0 Å². The predicted molar refractivity (Wildman–Crippen MR) is 75.9 cm³/mol. The summed E-state index contributed by atoms with van der Waals surface area (Å²) >= 11 is 0. The van der Waals surface area contributed by atoms with Gasteiger partial charge in [-0.15, -0.1) is 0 Å². The molecule has 2 fully saturated rings. The van der Waals surface area contributed by atoms with Gasteiger partial charge in [-0.25, -0.2) is 0 Å². The molecule has 4 nitrogen and oxygen atoms in total. The fourth-order valence-electron chi connectivity index (χ4n) is 4.26. The smallest absolute Gasteiger partial charge is 0.221 e. The molecule has 1 aliphatic carbocycles. The van der Waals surface area contributed by atoms with Crippen LogP contribution in [0.5, 0.6) is 0 Å². The van der Waals surface area contributed by atoms with E-state index in [0.29, 0.717) is 6.42 Å². The highest BCUT2D eigenvalue weighted by atomic mass is 16.6. The molecule has 2 atom stereocenters. The molecule has 108 valence electrons. The van der Waals surface area contributed by atoms with Crippen molar-refractivity contribution >= 4 is 0 Å². The molecular formula is C16H22N2O2. The van der Waals surface area contributed by atoms with E-state index >= 15 is 0 Å². The van der Waals surface area contributed by atoms with Gasteiger partial charge in [0.15, 0.2) is 0 Å². The van der Waals surface area contributed by atoms with Crippen molar-refractivity contribution in [3.8, 4) is 0 Å². The normalized spacial score (nSPS) is 38.9. The fraction of sp³-hybridized carbons (Fsp3) is 0.625. The van der Waals surface area contributed by atoms with Crippen molar-refractivity contribution in [1.82, 2.24) is 4.90 Å². The summed E-state index contributed by atoms with van der Waals surface area (Å²) in [6.07, 6.45) is 13.9. The van der Waals surface area contributed by atoms with Gasteiger partial charge in [-0.05, 0) is 37.7 Å². The molecule has 0 aromatic heterocycles. The predicted octanol–water partition coefficient (Wildman–Crippen LogP) is 2.33. The molecule has 0 aromatic carbocycles. The van der Waals surface area contributed by atoms with Gasteiger partial charge in [0.25, 0.3) is 0 Å². The second kappa shape index (κ2) is 4.12. The Hall–Kier alpha value is -1.26. The number of aliphatic hydroxyl groups is 1. The van der Waals surface area contributed by atoms with Crippen molar-refractivity contribution in [1.29, 1.82) is 0 Å². The highest BCUT2D eigenvalue weighted by molar-refractivity contribution is 5.41. The van der Waals surface area contributed by atoms with E-state index in [2.05, 4.69) is 23.4 Å². The zero-order valence-corrected chi connectivity index (χ0v) is 11.8. The Morgan fingerprint density at radius 1 is 1.35 bits per heavy atom. The maximum atomic E-state index is 10.6. The summed E-state index contributed by atoms with van der Waals surface area (Å²) in [6.45, 7) is 0.161. The van der Waals surface area contributed by atoms with Crippen LogP contribution in [0.3, 0.4) is 0 Å². The summed E-state index contributed by atoms with van der Waals surface area (Å²) in [5.74, 6) is -0.178. The van der Waals surface area contributed by atoms with E-state index in [4.69, 9.17) is 10.5 Å². The molecule has 2 unspecified atom stereocenters. The average Bonchev–Trinajstić information content (AvgIpc) is 2.78. The monoisotopic (exact) mass is 274 g/mol. The van der Waals surface area contributed by atoms with Crippen LogP contribution < -0.4 is 5.73 Å². The fourth-order valence-corrected chi connectivity index (χ4v) is 4.26. The minimum Gasteiger partial charge on any atom is -0.463 e. The van der Waals surface area contributed by atoms with E-state index in [-0.39, 0.29) is 12.0 Å². The van der Waals surface area contributed by atoms with Gasteiger partial charge in [0, 0.05) is 18.8 Å². The number of ether oxygens (including phenoxy) is 1. The van der Waals surface area contributed by atoms with Crippen LogP contribution in [0.25, 0.3) is 0 Å². The molecule has 4 rings (SSSR count). The van der Waals surface area contributed by atoms with Crippen molar-refractivity contribution in [3.63, 3.8) is 0 Å². The molecule has 1 saturated carbocycles. The van der Waals surface area contributed by atoms with Gasteiger partial charge >= 0.3 is 0 Å². The lowest BCUT2D eigenvalue weighted by molar-refractivity contribution is -0.145. The molecule has 0 aromatic rings. The summed E-state index contributed by atoms with van der Waals surface area (Å²) < 4.78 is 6.03. The molecule has 1 saturated heterocycles. The van der Waals surface area contributed by atoms with E-state index in [1.54, 1.807) is 0 Å². The molecule has 4 aliphatic rings. The first-order valence-electron chi connectivity index (χ1n) is 7.68. The molecule has 3 aliphatic heterocycles. The van der Waals surface area contributed by atoms with Gasteiger partial charge in [-0.3, -0.25) is 0 Å². The summed E-state index contributed by atoms with van der Waals surface area (Å²) in [7, 11) is 0. The van der Waals surface area contributed by atoms with Crippen LogP contribution in [0.1, 0.15) is 44.9 Å². The third-order valence-corrected chi connectivity index (χ3v) is 5.22. The van der Waals surface area contributed by atoms with Crippen LogP contribution in [-0.4, -0.2) is 22.3 Å². The van der Waals surface area contributed by atoms with E-state index in [1.165, 1.54) is 24.1 Å². The Labute approximate surface area is 119 Å². The van der Waals surface area contributed by atoms with Gasteiger partial charge < -0.3 is 20.5 Å². The number of nitrogens with two attached hydrogens (primary N) is 1. The van der Waals surface area contributed by atoms with Crippen LogP contribution in [0, 0.1) is 5.41 Å². The lowest BCUT2D eigenvalue weighted by Gasteiger charge is -2.42. The Morgan fingerprint density at radius 3 is 3.10 bits per heavy atom. The van der Waals surface area contributed by atoms with Crippen molar-refractivity contribution in [2.45, 2.75) is 50.7 Å². The van der Waals surface area contributed by atoms with E-state index in [9.17, 15) is 5.11 Å². The molecular weight excluding hydrogens is 252 g/mol. The minimum absolute atomic E-state index is 0.0800. The third-order valence-electron chi connectivity index (χ3n) is 5.22. The van der Waals surface area contributed by atoms with Crippen LogP contribution in [0.4, 0.5) is 0 Å². The number of nitrogens with zero attached hydrogens (tertiary/aromatic N) is 1. The summed E-state index contributed by atoms with van der Waals surface area (Å²) in [4.78, 5) is 2.19. The number of fused-ring (bicyclic) bond motifs is 1. The maximum Gasteiger partial charge on any atom is 0.221 e. The lowest BCUT2D eigenvalue weighted by atomic mass is 9.65. The van der Waals surface area contributed by atoms with Gasteiger partial charge in [0.1, 0.15) is 5.76 Å². The number of rotatable bonds is 1. The van der Waals surface area contributed by atoms with E-state index in [1.807, 2.05) is 0 Å². The van der Waals surface area contributed by atoms with Crippen molar-refractivity contribution in [2.75, 3.05) is 6.54 Å². The Kier molecular flexibility index (Phi) is 2.57. The van der Waals surface area contributed by atoms with E-state index < -0.39 is 5.79 Å². The van der Waals surface area contributed by atoms with Crippen molar-refractivity contribution in [3.05, 3.63) is 35.5 Å². The Morgan fingerprint density at radius 2 is 2.25 bits per heavy atom. The third kappa shape index (κ3) is 1.55.